The zero-order valence-corrected chi connectivity index (χ0v) is 12.4. The first-order chi connectivity index (χ1) is 8.16. The van der Waals surface area contributed by atoms with Gasteiger partial charge < -0.3 is 10.6 Å². The van der Waals surface area contributed by atoms with Crippen LogP contribution in [0.25, 0.3) is 0 Å². The second kappa shape index (κ2) is 12.2. The van der Waals surface area contributed by atoms with Crippen molar-refractivity contribution in [1.29, 1.82) is 0 Å². The van der Waals surface area contributed by atoms with Crippen LogP contribution in [0.4, 0.5) is 0 Å². The summed E-state index contributed by atoms with van der Waals surface area (Å²) in [5.41, 5.74) is 0. The lowest BCUT2D eigenvalue weighted by molar-refractivity contribution is -0.120. The zero-order chi connectivity index (χ0) is 12.9. The fourth-order valence-electron chi connectivity index (χ4n) is 1.44. The van der Waals surface area contributed by atoms with Gasteiger partial charge in [0.1, 0.15) is 0 Å². The molecule has 4 heteroatoms. The molecule has 3 nitrogen and oxygen atoms in total. The van der Waals surface area contributed by atoms with E-state index < -0.39 is 0 Å². The molecule has 0 unspecified atom stereocenters. The molecular formula is C13H28N2OS. The van der Waals surface area contributed by atoms with Crippen LogP contribution in [0.15, 0.2) is 0 Å². The molecule has 0 aromatic carbocycles. The summed E-state index contributed by atoms with van der Waals surface area (Å²) in [7, 11) is 0. The summed E-state index contributed by atoms with van der Waals surface area (Å²) in [4.78, 5) is 11.4. The van der Waals surface area contributed by atoms with Gasteiger partial charge in [-0.2, -0.15) is 11.8 Å². The van der Waals surface area contributed by atoms with Gasteiger partial charge in [-0.05, 0) is 43.7 Å². The van der Waals surface area contributed by atoms with E-state index in [2.05, 4.69) is 30.7 Å². The van der Waals surface area contributed by atoms with Crippen molar-refractivity contribution in [3.63, 3.8) is 0 Å². The van der Waals surface area contributed by atoms with Crippen LogP contribution in [0.3, 0.4) is 0 Å². The second-order valence-electron chi connectivity index (χ2n) is 4.76. The minimum absolute atomic E-state index is 0.120. The molecule has 0 aliphatic rings. The topological polar surface area (TPSA) is 41.1 Å². The Hall–Kier alpha value is -0.220. The molecule has 17 heavy (non-hydrogen) atoms. The van der Waals surface area contributed by atoms with Crippen LogP contribution in [0.5, 0.6) is 0 Å². The van der Waals surface area contributed by atoms with Crippen LogP contribution in [-0.2, 0) is 4.79 Å². The minimum atomic E-state index is 0.120. The highest BCUT2D eigenvalue weighted by molar-refractivity contribution is 7.98. The first-order valence-corrected chi connectivity index (χ1v) is 8.02. The quantitative estimate of drug-likeness (QED) is 0.560. The third kappa shape index (κ3) is 13.7. The number of hydrogen-bond donors (Lipinski definition) is 2. The van der Waals surface area contributed by atoms with Crippen molar-refractivity contribution in [1.82, 2.24) is 10.6 Å². The molecule has 0 spiro atoms. The van der Waals surface area contributed by atoms with Crippen LogP contribution in [0.1, 0.15) is 39.5 Å². The maximum absolute atomic E-state index is 11.4. The summed E-state index contributed by atoms with van der Waals surface area (Å²) in [6.45, 7) is 6.54. The van der Waals surface area contributed by atoms with E-state index >= 15 is 0 Å². The fraction of sp³-hybridized carbons (Fsp3) is 0.923. The molecule has 0 aliphatic heterocycles. The number of nitrogens with one attached hydrogen (secondary N) is 2. The molecule has 2 N–H and O–H groups in total. The van der Waals surface area contributed by atoms with Gasteiger partial charge in [-0.25, -0.2) is 0 Å². The Kier molecular flexibility index (Phi) is 12.1. The van der Waals surface area contributed by atoms with Crippen molar-refractivity contribution in [2.45, 2.75) is 39.5 Å². The molecule has 0 heterocycles. The van der Waals surface area contributed by atoms with E-state index in [1.807, 2.05) is 11.8 Å². The number of unbranched alkanes of at least 4 members (excludes halogenated alkanes) is 2. The molecule has 0 fully saturated rings. The number of hydrogen-bond acceptors (Lipinski definition) is 3. The number of carbonyl (C=O) groups excluding carboxylic acids is 1. The number of thioether (sulfide) groups is 1. The lowest BCUT2D eigenvalue weighted by Gasteiger charge is -2.08. The molecule has 0 rings (SSSR count). The van der Waals surface area contributed by atoms with Gasteiger partial charge in [0.2, 0.25) is 5.91 Å². The van der Waals surface area contributed by atoms with E-state index in [0.29, 0.717) is 12.5 Å². The van der Waals surface area contributed by atoms with E-state index in [1.165, 1.54) is 25.0 Å². The fourth-order valence-corrected chi connectivity index (χ4v) is 1.93. The predicted octanol–water partition coefficient (Wildman–Crippen LogP) is 2.27. The molecule has 0 saturated heterocycles. The van der Waals surface area contributed by atoms with Crippen molar-refractivity contribution in [3.05, 3.63) is 0 Å². The van der Waals surface area contributed by atoms with Gasteiger partial charge in [0.25, 0.3) is 0 Å². The normalized spacial score (nSPS) is 10.8. The van der Waals surface area contributed by atoms with Gasteiger partial charge in [-0.15, -0.1) is 0 Å². The van der Waals surface area contributed by atoms with Gasteiger partial charge in [-0.3, -0.25) is 4.79 Å². The molecule has 1 amide bonds. The first-order valence-electron chi connectivity index (χ1n) is 6.63. The minimum Gasteiger partial charge on any atom is -0.355 e. The third-order valence-corrected chi connectivity index (χ3v) is 3.23. The zero-order valence-electron chi connectivity index (χ0n) is 11.6. The highest BCUT2D eigenvalue weighted by Gasteiger charge is 2.00. The molecule has 0 aliphatic carbocycles. The first kappa shape index (κ1) is 16.8. The maximum Gasteiger partial charge on any atom is 0.233 e. The Balaban J connectivity index is 3.16. The largest absolute Gasteiger partial charge is 0.355 e. The second-order valence-corrected chi connectivity index (χ2v) is 5.75. The van der Waals surface area contributed by atoms with E-state index in [1.54, 1.807) is 0 Å². The van der Waals surface area contributed by atoms with Crippen LogP contribution in [-0.4, -0.2) is 37.6 Å². The standard InChI is InChI=1S/C13H28N2OS/c1-12(2)7-9-15-13(16)11-14-8-5-4-6-10-17-3/h12,14H,4-11H2,1-3H3,(H,15,16). The average molecular weight is 260 g/mol. The van der Waals surface area contributed by atoms with E-state index in [-0.39, 0.29) is 5.91 Å². The van der Waals surface area contributed by atoms with Gasteiger partial charge in [-0.1, -0.05) is 20.3 Å². The highest BCUT2D eigenvalue weighted by atomic mass is 32.2. The molecule has 0 saturated carbocycles. The van der Waals surface area contributed by atoms with E-state index in [4.69, 9.17) is 0 Å². The lowest BCUT2D eigenvalue weighted by atomic mass is 10.1. The Morgan fingerprint density at radius 2 is 1.94 bits per heavy atom. The molecule has 0 aromatic heterocycles. The average Bonchev–Trinajstić information content (AvgIpc) is 2.27. The summed E-state index contributed by atoms with van der Waals surface area (Å²) in [5.74, 6) is 2.02. The predicted molar refractivity (Wildman–Crippen MR) is 77.6 cm³/mol. The summed E-state index contributed by atoms with van der Waals surface area (Å²) in [6, 6.07) is 0. The molecule has 0 atom stereocenters. The Labute approximate surface area is 111 Å². The SMILES string of the molecule is CSCCCCCNCC(=O)NCCC(C)C. The van der Waals surface area contributed by atoms with E-state index in [0.717, 1.165) is 19.5 Å². The molecule has 0 radical (unpaired) electrons. The van der Waals surface area contributed by atoms with Gasteiger partial charge in [0.05, 0.1) is 6.54 Å². The summed E-state index contributed by atoms with van der Waals surface area (Å²) in [6.07, 6.45) is 6.90. The van der Waals surface area contributed by atoms with Crippen molar-refractivity contribution in [2.24, 2.45) is 5.92 Å². The molecule has 0 aromatic rings. The highest BCUT2D eigenvalue weighted by Crippen LogP contribution is 2.01. The molecular weight excluding hydrogens is 232 g/mol. The van der Waals surface area contributed by atoms with Gasteiger partial charge in [0.15, 0.2) is 0 Å². The number of carbonyl (C=O) groups is 1. The van der Waals surface area contributed by atoms with Crippen LogP contribution >= 0.6 is 11.8 Å². The monoisotopic (exact) mass is 260 g/mol. The van der Waals surface area contributed by atoms with Crippen LogP contribution in [0, 0.1) is 5.92 Å². The van der Waals surface area contributed by atoms with Crippen LogP contribution < -0.4 is 10.6 Å². The lowest BCUT2D eigenvalue weighted by Crippen LogP contribution is -2.35. The van der Waals surface area contributed by atoms with Crippen molar-refractivity contribution in [2.75, 3.05) is 31.6 Å². The third-order valence-electron chi connectivity index (χ3n) is 2.53. The Bertz CT molecular complexity index is 186. The molecule has 102 valence electrons. The summed E-state index contributed by atoms with van der Waals surface area (Å²) in [5, 5.41) is 6.10. The van der Waals surface area contributed by atoms with Crippen LogP contribution in [0.2, 0.25) is 0 Å². The van der Waals surface area contributed by atoms with Crippen molar-refractivity contribution in [3.8, 4) is 0 Å². The number of amides is 1. The summed E-state index contributed by atoms with van der Waals surface area (Å²) >= 11 is 1.90. The van der Waals surface area contributed by atoms with Gasteiger partial charge in [0, 0.05) is 6.54 Å². The number of rotatable bonds is 11. The smallest absolute Gasteiger partial charge is 0.233 e. The molecule has 0 bridgehead atoms. The van der Waals surface area contributed by atoms with Crippen molar-refractivity contribution < 1.29 is 4.79 Å². The van der Waals surface area contributed by atoms with Gasteiger partial charge >= 0.3 is 0 Å². The van der Waals surface area contributed by atoms with E-state index in [9.17, 15) is 4.79 Å². The van der Waals surface area contributed by atoms with Crippen molar-refractivity contribution >= 4 is 17.7 Å². The summed E-state index contributed by atoms with van der Waals surface area (Å²) < 4.78 is 0. The Morgan fingerprint density at radius 1 is 1.18 bits per heavy atom. The maximum atomic E-state index is 11.4. The Morgan fingerprint density at radius 3 is 2.59 bits per heavy atom.